The number of piperidine rings is 1. The van der Waals surface area contributed by atoms with Crippen molar-refractivity contribution in [3.05, 3.63) is 30.1 Å². The number of hydrogen-bond donors (Lipinski definition) is 2. The fourth-order valence-electron chi connectivity index (χ4n) is 1.95. The van der Waals surface area contributed by atoms with Crippen LogP contribution in [-0.4, -0.2) is 31.6 Å². The molecular weight excluding hydrogens is 235 g/mol. The molecule has 4 nitrogen and oxygen atoms in total. The molecule has 0 bridgehead atoms. The normalized spacial score (nSPS) is 19.3. The predicted octanol–water partition coefficient (Wildman–Crippen LogP) is 1.07. The highest BCUT2D eigenvalue weighted by Gasteiger charge is 2.15. The maximum absolute atomic E-state index is 13.2. The van der Waals surface area contributed by atoms with Crippen LogP contribution in [0, 0.1) is 5.82 Å². The van der Waals surface area contributed by atoms with Gasteiger partial charge in [-0.2, -0.15) is 0 Å². The molecule has 2 N–H and O–H groups in total. The third-order valence-corrected chi connectivity index (χ3v) is 2.86. The zero-order valence-corrected chi connectivity index (χ0v) is 10.1. The van der Waals surface area contributed by atoms with Crippen molar-refractivity contribution < 1.29 is 13.9 Å². The molecule has 0 aliphatic carbocycles. The summed E-state index contributed by atoms with van der Waals surface area (Å²) in [5.74, 6) is -0.564. The largest absolute Gasteiger partial charge is 0.481 e. The van der Waals surface area contributed by atoms with Gasteiger partial charge in [-0.3, -0.25) is 4.79 Å². The summed E-state index contributed by atoms with van der Waals surface area (Å²) in [6.45, 7) is 1.63. The van der Waals surface area contributed by atoms with Crippen molar-refractivity contribution in [3.63, 3.8) is 0 Å². The summed E-state index contributed by atoms with van der Waals surface area (Å²) in [6.07, 6.45) is 2.03. The number of hydrogen-bond acceptors (Lipinski definition) is 3. The third-order valence-electron chi connectivity index (χ3n) is 2.86. The molecule has 1 heterocycles. The van der Waals surface area contributed by atoms with E-state index in [1.165, 1.54) is 12.1 Å². The second-order valence-electron chi connectivity index (χ2n) is 4.33. The van der Waals surface area contributed by atoms with Gasteiger partial charge in [-0.15, -0.1) is 0 Å². The predicted molar refractivity (Wildman–Crippen MR) is 65.9 cm³/mol. The van der Waals surface area contributed by atoms with E-state index in [9.17, 15) is 9.18 Å². The van der Waals surface area contributed by atoms with Crippen LogP contribution in [0.25, 0.3) is 0 Å². The van der Waals surface area contributed by atoms with Crippen molar-refractivity contribution >= 4 is 5.91 Å². The van der Waals surface area contributed by atoms with E-state index in [1.807, 2.05) is 0 Å². The van der Waals surface area contributed by atoms with Crippen LogP contribution in [0.1, 0.15) is 12.8 Å². The van der Waals surface area contributed by atoms with Gasteiger partial charge >= 0.3 is 0 Å². The van der Waals surface area contributed by atoms with Gasteiger partial charge in [0.05, 0.1) is 0 Å². The lowest BCUT2D eigenvalue weighted by Gasteiger charge is -2.23. The van der Waals surface area contributed by atoms with E-state index in [0.717, 1.165) is 25.9 Å². The Morgan fingerprint density at radius 1 is 1.50 bits per heavy atom. The molecule has 0 radical (unpaired) electrons. The number of amides is 1. The van der Waals surface area contributed by atoms with Crippen molar-refractivity contribution in [2.24, 2.45) is 0 Å². The van der Waals surface area contributed by atoms with E-state index in [1.54, 1.807) is 12.1 Å². The van der Waals surface area contributed by atoms with Crippen molar-refractivity contribution in [1.82, 2.24) is 10.6 Å². The highest BCUT2D eigenvalue weighted by Crippen LogP contribution is 2.14. The third kappa shape index (κ3) is 3.70. The highest BCUT2D eigenvalue weighted by molar-refractivity contribution is 5.77. The summed E-state index contributed by atoms with van der Waals surface area (Å²) in [4.78, 5) is 11.6. The molecule has 1 aliphatic rings. The average Bonchev–Trinajstić information content (AvgIpc) is 2.39. The van der Waals surface area contributed by atoms with Gasteiger partial charge in [0.2, 0.25) is 0 Å². The van der Waals surface area contributed by atoms with Gasteiger partial charge in [0, 0.05) is 12.6 Å². The van der Waals surface area contributed by atoms with Gasteiger partial charge in [-0.25, -0.2) is 4.39 Å². The summed E-state index contributed by atoms with van der Waals surface area (Å²) >= 11 is 0. The van der Waals surface area contributed by atoms with Crippen LogP contribution in [0.5, 0.6) is 5.75 Å². The molecule has 1 aliphatic heterocycles. The van der Waals surface area contributed by atoms with Crippen molar-refractivity contribution in [3.8, 4) is 5.75 Å². The van der Waals surface area contributed by atoms with Crippen LogP contribution < -0.4 is 15.4 Å². The Morgan fingerprint density at radius 3 is 3.06 bits per heavy atom. The number of carbonyl (C=O) groups is 1. The SMILES string of the molecule is O=C(COc1ccccc1F)N[C@H]1CCCNC1. The van der Waals surface area contributed by atoms with Gasteiger partial charge in [0.1, 0.15) is 0 Å². The monoisotopic (exact) mass is 252 g/mol. The van der Waals surface area contributed by atoms with Gasteiger partial charge in [0.15, 0.2) is 18.2 Å². The van der Waals surface area contributed by atoms with Crippen LogP contribution >= 0.6 is 0 Å². The Balaban J connectivity index is 1.76. The topological polar surface area (TPSA) is 50.4 Å². The quantitative estimate of drug-likeness (QED) is 0.843. The van der Waals surface area contributed by atoms with E-state index >= 15 is 0 Å². The zero-order chi connectivity index (χ0) is 12.8. The average molecular weight is 252 g/mol. The van der Waals surface area contributed by atoms with Crippen molar-refractivity contribution in [1.29, 1.82) is 0 Å². The Labute approximate surface area is 106 Å². The molecule has 1 amide bonds. The Bertz CT molecular complexity index is 406. The summed E-state index contributed by atoms with van der Waals surface area (Å²) in [5, 5.41) is 6.07. The smallest absolute Gasteiger partial charge is 0.258 e. The number of nitrogens with one attached hydrogen (secondary N) is 2. The standard InChI is InChI=1S/C13H17FN2O2/c14-11-5-1-2-6-12(11)18-9-13(17)16-10-4-3-7-15-8-10/h1-2,5-6,10,15H,3-4,7-9H2,(H,16,17)/t10-/m0/s1. The van der Waals surface area contributed by atoms with E-state index in [4.69, 9.17) is 4.74 Å². The highest BCUT2D eigenvalue weighted by atomic mass is 19.1. The minimum Gasteiger partial charge on any atom is -0.481 e. The second kappa shape index (κ2) is 6.35. The van der Waals surface area contributed by atoms with Crippen molar-refractivity contribution in [2.45, 2.75) is 18.9 Å². The van der Waals surface area contributed by atoms with E-state index in [0.29, 0.717) is 0 Å². The van der Waals surface area contributed by atoms with E-state index in [2.05, 4.69) is 10.6 Å². The number of benzene rings is 1. The second-order valence-corrected chi connectivity index (χ2v) is 4.33. The molecule has 0 aromatic heterocycles. The number of rotatable bonds is 4. The fraction of sp³-hybridized carbons (Fsp3) is 0.462. The molecule has 0 unspecified atom stereocenters. The molecule has 1 aromatic rings. The summed E-state index contributed by atoms with van der Waals surface area (Å²) in [7, 11) is 0. The molecule has 98 valence electrons. The first-order valence-corrected chi connectivity index (χ1v) is 6.13. The van der Waals surface area contributed by atoms with Crippen LogP contribution in [0.2, 0.25) is 0 Å². The first-order chi connectivity index (χ1) is 8.75. The Morgan fingerprint density at radius 2 is 2.33 bits per heavy atom. The molecule has 0 spiro atoms. The van der Waals surface area contributed by atoms with Crippen molar-refractivity contribution in [2.75, 3.05) is 19.7 Å². The maximum Gasteiger partial charge on any atom is 0.258 e. The summed E-state index contributed by atoms with van der Waals surface area (Å²) in [6, 6.07) is 6.20. The van der Waals surface area contributed by atoms with Crippen LogP contribution in [-0.2, 0) is 4.79 Å². The lowest BCUT2D eigenvalue weighted by atomic mass is 10.1. The van der Waals surface area contributed by atoms with Crippen LogP contribution in [0.15, 0.2) is 24.3 Å². The number of ether oxygens (including phenoxy) is 1. The first-order valence-electron chi connectivity index (χ1n) is 6.13. The number of para-hydroxylation sites is 1. The first kappa shape index (κ1) is 12.8. The Kier molecular flexibility index (Phi) is 4.52. The molecule has 1 aromatic carbocycles. The molecule has 2 rings (SSSR count). The van der Waals surface area contributed by atoms with E-state index < -0.39 is 5.82 Å². The van der Waals surface area contributed by atoms with Gasteiger partial charge < -0.3 is 15.4 Å². The minimum atomic E-state index is -0.454. The number of carbonyl (C=O) groups excluding carboxylic acids is 1. The summed E-state index contributed by atoms with van der Waals surface area (Å²) < 4.78 is 18.4. The van der Waals surface area contributed by atoms with Gasteiger partial charge in [-0.1, -0.05) is 12.1 Å². The van der Waals surface area contributed by atoms with Crippen LogP contribution in [0.3, 0.4) is 0 Å². The molecule has 0 saturated carbocycles. The molecule has 1 atom stereocenters. The minimum absolute atomic E-state index is 0.106. The Hall–Kier alpha value is -1.62. The maximum atomic E-state index is 13.2. The molecule has 1 saturated heterocycles. The lowest BCUT2D eigenvalue weighted by Crippen LogP contribution is -2.47. The summed E-state index contributed by atoms with van der Waals surface area (Å²) in [5.41, 5.74) is 0. The number of halogens is 1. The van der Waals surface area contributed by atoms with Crippen LogP contribution in [0.4, 0.5) is 4.39 Å². The van der Waals surface area contributed by atoms with Gasteiger partial charge in [-0.05, 0) is 31.5 Å². The zero-order valence-electron chi connectivity index (χ0n) is 10.1. The molecule has 5 heteroatoms. The fourth-order valence-corrected chi connectivity index (χ4v) is 1.95. The lowest BCUT2D eigenvalue weighted by molar-refractivity contribution is -0.123. The molecular formula is C13H17FN2O2. The van der Waals surface area contributed by atoms with E-state index in [-0.39, 0.29) is 24.3 Å². The molecule has 1 fully saturated rings. The molecule has 18 heavy (non-hydrogen) atoms. The van der Waals surface area contributed by atoms with Gasteiger partial charge in [0.25, 0.3) is 5.91 Å².